The lowest BCUT2D eigenvalue weighted by Gasteiger charge is -2.43. The number of H-pyrrole nitrogens is 1. The smallest absolute Gasteiger partial charge is 0.408 e. The Hall–Kier alpha value is -5.89. The number of piperidine rings is 3. The van der Waals surface area contributed by atoms with Crippen molar-refractivity contribution < 1.29 is 38.7 Å². The van der Waals surface area contributed by atoms with Crippen LogP contribution in [0.25, 0.3) is 10.9 Å². The van der Waals surface area contributed by atoms with Crippen LogP contribution in [0.1, 0.15) is 70.4 Å². The number of fused-ring (bicyclic) bond motifs is 4. The van der Waals surface area contributed by atoms with Crippen molar-refractivity contribution in [1.82, 2.24) is 20.5 Å². The Labute approximate surface area is 336 Å². The predicted molar refractivity (Wildman–Crippen MR) is 218 cm³/mol. The van der Waals surface area contributed by atoms with Crippen molar-refractivity contribution in [3.05, 3.63) is 135 Å². The molecule has 13 heteroatoms. The summed E-state index contributed by atoms with van der Waals surface area (Å²) < 4.78 is 23.2. The van der Waals surface area contributed by atoms with Gasteiger partial charge in [0, 0.05) is 24.5 Å². The van der Waals surface area contributed by atoms with Crippen molar-refractivity contribution in [3.63, 3.8) is 0 Å². The Bertz CT molecular complexity index is 2240. The molecule has 5 aromatic rings. The van der Waals surface area contributed by atoms with E-state index >= 15 is 0 Å². The van der Waals surface area contributed by atoms with E-state index in [-0.39, 0.29) is 42.7 Å². The van der Waals surface area contributed by atoms with Crippen LogP contribution in [-0.4, -0.2) is 84.7 Å². The summed E-state index contributed by atoms with van der Waals surface area (Å²) in [7, 11) is 1.50. The van der Waals surface area contributed by atoms with Crippen LogP contribution < -0.4 is 25.7 Å². The van der Waals surface area contributed by atoms with Gasteiger partial charge in [0.1, 0.15) is 35.5 Å². The van der Waals surface area contributed by atoms with E-state index in [1.807, 2.05) is 54.6 Å². The summed E-state index contributed by atoms with van der Waals surface area (Å²) >= 11 is 0. The molecule has 3 saturated heterocycles. The lowest BCUT2D eigenvalue weighted by Crippen LogP contribution is -2.52. The number of alkyl carbamates (subject to hydrolysis) is 1. The van der Waals surface area contributed by atoms with E-state index in [0.717, 1.165) is 49.2 Å². The molecule has 8 rings (SSSR count). The highest BCUT2D eigenvalue weighted by molar-refractivity contribution is 5.92. The normalized spacial score (nSPS) is 18.3. The SMILES string of the molecule is COc1cc(COc2cccc(C(NC(=O)O[C@H]3CN4CCC3CC4)c3ccccc3)c2)ccc1C(=O)OCCCCNC[C@@H](O)c1ccc(O)c2[nH]c(=O)ccc12. The standard InChI is InChI=1S/C45H50N4O9/c1-55-39-24-29(12-13-36(39)44(53)56-23-6-5-20-46-26-38(51)34-14-16-37(50)43-35(34)15-17-41(52)47-43)28-57-33-11-7-10-32(25-33)42(31-8-3-2-4-9-31)48-45(54)58-40-27-49-21-18-30(40)19-22-49/h2-4,7-17,24-25,30,38,40,42,46,50-51H,5-6,18-23,26-28H2,1H3,(H,47,52)(H,48,54)/t38-,40+,42?/m1/s1. The molecule has 3 aliphatic heterocycles. The highest BCUT2D eigenvalue weighted by Gasteiger charge is 2.37. The van der Waals surface area contributed by atoms with E-state index in [1.54, 1.807) is 30.3 Å². The van der Waals surface area contributed by atoms with Gasteiger partial charge in [-0.25, -0.2) is 9.59 Å². The first-order valence-electron chi connectivity index (χ1n) is 19.8. The van der Waals surface area contributed by atoms with Gasteiger partial charge in [-0.15, -0.1) is 0 Å². The summed E-state index contributed by atoms with van der Waals surface area (Å²) in [5, 5.41) is 27.7. The van der Waals surface area contributed by atoms with Crippen molar-refractivity contribution in [2.24, 2.45) is 5.92 Å². The molecule has 1 amide bonds. The van der Waals surface area contributed by atoms with Crippen LogP contribution in [0, 0.1) is 5.92 Å². The number of benzene rings is 4. The van der Waals surface area contributed by atoms with Gasteiger partial charge in [-0.3, -0.25) is 9.69 Å². The average Bonchev–Trinajstić information content (AvgIpc) is 3.25. The third-order valence-corrected chi connectivity index (χ3v) is 10.9. The first-order valence-corrected chi connectivity index (χ1v) is 19.8. The molecule has 4 heterocycles. The number of amides is 1. The van der Waals surface area contributed by atoms with Gasteiger partial charge < -0.3 is 44.8 Å². The number of aromatic amines is 1. The number of hydrogen-bond donors (Lipinski definition) is 5. The minimum atomic E-state index is -0.857. The molecular formula is C45H50N4O9. The number of methoxy groups -OCH3 is 1. The molecule has 0 radical (unpaired) electrons. The Morgan fingerprint density at radius 1 is 0.931 bits per heavy atom. The third kappa shape index (κ3) is 9.97. The Balaban J connectivity index is 0.878. The first kappa shape index (κ1) is 40.3. The molecule has 4 aromatic carbocycles. The number of aliphatic hydroxyl groups excluding tert-OH is 1. The second-order valence-electron chi connectivity index (χ2n) is 14.8. The second-order valence-corrected chi connectivity index (χ2v) is 14.8. The zero-order valence-electron chi connectivity index (χ0n) is 32.5. The summed E-state index contributed by atoms with van der Waals surface area (Å²) in [6, 6.07) is 28.2. The highest BCUT2D eigenvalue weighted by atomic mass is 16.6. The highest BCUT2D eigenvalue weighted by Crippen LogP contribution is 2.32. The maximum Gasteiger partial charge on any atom is 0.408 e. The number of aromatic hydroxyl groups is 1. The lowest BCUT2D eigenvalue weighted by molar-refractivity contribution is -0.0336. The van der Waals surface area contributed by atoms with Gasteiger partial charge in [-0.1, -0.05) is 54.6 Å². The van der Waals surface area contributed by atoms with Crippen LogP contribution in [0.4, 0.5) is 4.79 Å². The molecule has 3 atom stereocenters. The van der Waals surface area contributed by atoms with Crippen molar-refractivity contribution >= 4 is 23.0 Å². The number of rotatable bonds is 17. The number of nitrogens with zero attached hydrogens (tertiary/aromatic N) is 1. The molecule has 58 heavy (non-hydrogen) atoms. The summed E-state index contributed by atoms with van der Waals surface area (Å²) in [5.41, 5.74) is 3.40. The number of phenolic OH excluding ortho intramolecular Hbond substituents is 1. The fourth-order valence-corrected chi connectivity index (χ4v) is 7.78. The number of esters is 1. The summed E-state index contributed by atoms with van der Waals surface area (Å²) in [5.74, 6) is 0.838. The molecule has 1 unspecified atom stereocenters. The molecule has 1 aromatic heterocycles. The molecule has 3 aliphatic rings. The topological polar surface area (TPSA) is 172 Å². The van der Waals surface area contributed by atoms with Crippen molar-refractivity contribution in [2.75, 3.05) is 46.4 Å². The van der Waals surface area contributed by atoms with Gasteiger partial charge in [0.2, 0.25) is 5.56 Å². The van der Waals surface area contributed by atoms with Crippen LogP contribution in [0.3, 0.4) is 0 Å². The molecule has 5 N–H and O–H groups in total. The molecule has 2 bridgehead atoms. The summed E-state index contributed by atoms with van der Waals surface area (Å²) in [4.78, 5) is 42.9. The zero-order valence-corrected chi connectivity index (χ0v) is 32.5. The largest absolute Gasteiger partial charge is 0.506 e. The number of hydrogen-bond acceptors (Lipinski definition) is 11. The van der Waals surface area contributed by atoms with Crippen LogP contribution >= 0.6 is 0 Å². The monoisotopic (exact) mass is 790 g/mol. The third-order valence-electron chi connectivity index (χ3n) is 10.9. The molecule has 0 spiro atoms. The molecule has 304 valence electrons. The minimum absolute atomic E-state index is 0.0610. The van der Waals surface area contributed by atoms with E-state index in [0.29, 0.717) is 53.3 Å². The van der Waals surface area contributed by atoms with E-state index in [4.69, 9.17) is 18.9 Å². The van der Waals surface area contributed by atoms with Gasteiger partial charge >= 0.3 is 12.1 Å². The van der Waals surface area contributed by atoms with Crippen molar-refractivity contribution in [1.29, 1.82) is 0 Å². The number of ether oxygens (including phenoxy) is 4. The number of nitrogens with one attached hydrogen (secondary N) is 3. The van der Waals surface area contributed by atoms with Crippen LogP contribution in [0.2, 0.25) is 0 Å². The number of carbonyl (C=O) groups excluding carboxylic acids is 2. The van der Waals surface area contributed by atoms with Crippen molar-refractivity contribution in [2.45, 2.75) is 50.5 Å². The Morgan fingerprint density at radius 2 is 1.74 bits per heavy atom. The quantitative estimate of drug-likeness (QED) is 0.0554. The van der Waals surface area contributed by atoms with Crippen LogP contribution in [0.5, 0.6) is 17.2 Å². The second kappa shape index (κ2) is 19.0. The fourth-order valence-electron chi connectivity index (χ4n) is 7.78. The van der Waals surface area contributed by atoms with Gasteiger partial charge in [0.25, 0.3) is 0 Å². The number of phenols is 1. The number of aromatic nitrogens is 1. The van der Waals surface area contributed by atoms with E-state index in [9.17, 15) is 24.6 Å². The summed E-state index contributed by atoms with van der Waals surface area (Å²) in [6.07, 6.45) is 2.03. The Morgan fingerprint density at radius 3 is 2.52 bits per heavy atom. The summed E-state index contributed by atoms with van der Waals surface area (Å²) in [6.45, 7) is 4.19. The van der Waals surface area contributed by atoms with E-state index < -0.39 is 24.2 Å². The van der Waals surface area contributed by atoms with E-state index in [2.05, 4.69) is 20.5 Å². The number of pyridine rings is 1. The molecule has 13 nitrogen and oxygen atoms in total. The molecule has 0 aliphatic carbocycles. The minimum Gasteiger partial charge on any atom is -0.506 e. The molecule has 3 fully saturated rings. The van der Waals surface area contributed by atoms with Gasteiger partial charge in [-0.05, 0) is 110 Å². The zero-order chi connectivity index (χ0) is 40.4. The fraction of sp³-hybridized carbons (Fsp3) is 0.356. The predicted octanol–water partition coefficient (Wildman–Crippen LogP) is 5.99. The van der Waals surface area contributed by atoms with Gasteiger partial charge in [-0.2, -0.15) is 0 Å². The Kier molecular flexibility index (Phi) is 13.2. The first-order chi connectivity index (χ1) is 28.2. The molecule has 0 saturated carbocycles. The van der Waals surface area contributed by atoms with Crippen molar-refractivity contribution in [3.8, 4) is 17.2 Å². The van der Waals surface area contributed by atoms with Gasteiger partial charge in [0.15, 0.2) is 0 Å². The maximum absolute atomic E-state index is 13.2. The average molecular weight is 791 g/mol. The van der Waals surface area contributed by atoms with Gasteiger partial charge in [0.05, 0.1) is 31.4 Å². The van der Waals surface area contributed by atoms with Crippen LogP contribution in [0.15, 0.2) is 102 Å². The lowest BCUT2D eigenvalue weighted by atomic mass is 9.86. The van der Waals surface area contributed by atoms with Crippen LogP contribution in [-0.2, 0) is 16.1 Å². The van der Waals surface area contributed by atoms with E-state index in [1.165, 1.54) is 19.2 Å². The molecular weight excluding hydrogens is 741 g/mol. The maximum atomic E-state index is 13.2. The number of aliphatic hydroxyl groups is 1. The number of carbonyl (C=O) groups is 2. The number of unbranched alkanes of at least 4 members (excludes halogenated alkanes) is 1.